The Hall–Kier alpha value is -1.90. The first-order chi connectivity index (χ1) is 10.2. The van der Waals surface area contributed by atoms with E-state index >= 15 is 0 Å². The predicted molar refractivity (Wildman–Crippen MR) is 87.7 cm³/mol. The van der Waals surface area contributed by atoms with Crippen LogP contribution in [0, 0.1) is 0 Å². The second kappa shape index (κ2) is 5.84. The van der Waals surface area contributed by atoms with Crippen molar-refractivity contribution in [1.82, 2.24) is 9.97 Å². The highest BCUT2D eigenvalue weighted by Gasteiger charge is 2.27. The van der Waals surface area contributed by atoms with Crippen molar-refractivity contribution < 1.29 is 0 Å². The highest BCUT2D eigenvalue weighted by atomic mass is 15.0. The molecule has 1 saturated carbocycles. The van der Waals surface area contributed by atoms with Gasteiger partial charge in [-0.05, 0) is 37.2 Å². The number of aromatic nitrogens is 2. The lowest BCUT2D eigenvalue weighted by Crippen LogP contribution is -2.05. The summed E-state index contributed by atoms with van der Waals surface area (Å²) in [5, 5.41) is 3.33. The Bertz CT molecular complexity index is 630. The van der Waals surface area contributed by atoms with Gasteiger partial charge in [-0.2, -0.15) is 0 Å². The average molecular weight is 281 g/mol. The third-order valence-electron chi connectivity index (χ3n) is 3.91. The summed E-state index contributed by atoms with van der Waals surface area (Å²) >= 11 is 0. The minimum atomic E-state index is 0.400. The van der Waals surface area contributed by atoms with Gasteiger partial charge in [-0.3, -0.25) is 0 Å². The molecule has 1 N–H and O–H groups in total. The molecule has 1 aliphatic rings. The van der Waals surface area contributed by atoms with Crippen LogP contribution in [0.25, 0.3) is 11.4 Å². The summed E-state index contributed by atoms with van der Waals surface area (Å²) in [7, 11) is 0. The number of hydrogen-bond donors (Lipinski definition) is 1. The summed E-state index contributed by atoms with van der Waals surface area (Å²) in [4.78, 5) is 9.53. The molecular weight excluding hydrogens is 258 g/mol. The van der Waals surface area contributed by atoms with Gasteiger partial charge in [-0.1, -0.05) is 38.1 Å². The number of hydrogen-bond acceptors (Lipinski definition) is 3. The molecule has 0 unspecified atom stereocenters. The van der Waals surface area contributed by atoms with Gasteiger partial charge in [0.2, 0.25) is 0 Å². The van der Waals surface area contributed by atoms with Gasteiger partial charge in [-0.15, -0.1) is 0 Å². The minimum Gasteiger partial charge on any atom is -0.370 e. The normalized spacial score (nSPS) is 14.5. The topological polar surface area (TPSA) is 37.8 Å². The number of anilines is 1. The monoisotopic (exact) mass is 281 g/mol. The Morgan fingerprint density at radius 1 is 1.19 bits per heavy atom. The maximum Gasteiger partial charge on any atom is 0.162 e. The summed E-state index contributed by atoms with van der Waals surface area (Å²) < 4.78 is 0. The van der Waals surface area contributed by atoms with Crippen molar-refractivity contribution >= 4 is 5.82 Å². The van der Waals surface area contributed by atoms with E-state index in [1.54, 1.807) is 0 Å². The first-order valence-electron chi connectivity index (χ1n) is 7.91. The molecule has 0 aliphatic heterocycles. The summed E-state index contributed by atoms with van der Waals surface area (Å²) in [6, 6.07) is 10.7. The van der Waals surface area contributed by atoms with E-state index in [2.05, 4.69) is 56.4 Å². The van der Waals surface area contributed by atoms with Gasteiger partial charge in [0.05, 0.1) is 0 Å². The van der Waals surface area contributed by atoms with Crippen LogP contribution in [0.15, 0.2) is 30.3 Å². The molecule has 1 heterocycles. The molecule has 21 heavy (non-hydrogen) atoms. The molecule has 0 atom stereocenters. The van der Waals surface area contributed by atoms with Gasteiger partial charge in [-0.25, -0.2) is 9.97 Å². The van der Waals surface area contributed by atoms with Crippen molar-refractivity contribution in [3.8, 4) is 11.4 Å². The van der Waals surface area contributed by atoms with E-state index in [1.165, 1.54) is 24.0 Å². The smallest absolute Gasteiger partial charge is 0.162 e. The Morgan fingerprint density at radius 2 is 1.95 bits per heavy atom. The summed E-state index contributed by atoms with van der Waals surface area (Å²) in [6.07, 6.45) is 2.59. The van der Waals surface area contributed by atoms with E-state index in [0.29, 0.717) is 11.8 Å². The zero-order valence-corrected chi connectivity index (χ0v) is 13.1. The second-order valence-corrected chi connectivity index (χ2v) is 6.05. The standard InChI is InChI=1S/C18H23N3/c1-4-19-17-11-16(12(2)3)20-18(21-17)15-8-6-5-7-14(15)13-9-10-13/h5-8,11-13H,4,9-10H2,1-3H3,(H,19,20,21). The molecule has 0 bridgehead atoms. The quantitative estimate of drug-likeness (QED) is 0.872. The Labute approximate surface area is 126 Å². The maximum atomic E-state index is 4.81. The molecule has 3 rings (SSSR count). The van der Waals surface area contributed by atoms with E-state index in [9.17, 15) is 0 Å². The van der Waals surface area contributed by atoms with Gasteiger partial charge in [0.15, 0.2) is 5.82 Å². The molecule has 1 aliphatic carbocycles. The van der Waals surface area contributed by atoms with Crippen molar-refractivity contribution in [1.29, 1.82) is 0 Å². The molecular formula is C18H23N3. The first-order valence-corrected chi connectivity index (χ1v) is 7.91. The zero-order chi connectivity index (χ0) is 14.8. The van der Waals surface area contributed by atoms with Crippen LogP contribution in [0.4, 0.5) is 5.82 Å². The summed E-state index contributed by atoms with van der Waals surface area (Å²) in [5.41, 5.74) is 3.70. The van der Waals surface area contributed by atoms with E-state index in [-0.39, 0.29) is 0 Å². The average Bonchev–Trinajstić information content (AvgIpc) is 3.32. The molecule has 1 aromatic heterocycles. The van der Waals surface area contributed by atoms with Gasteiger partial charge >= 0.3 is 0 Å². The van der Waals surface area contributed by atoms with Crippen LogP contribution in [0.3, 0.4) is 0 Å². The fourth-order valence-corrected chi connectivity index (χ4v) is 2.60. The van der Waals surface area contributed by atoms with Gasteiger partial charge < -0.3 is 5.32 Å². The fourth-order valence-electron chi connectivity index (χ4n) is 2.60. The minimum absolute atomic E-state index is 0.400. The van der Waals surface area contributed by atoms with Crippen LogP contribution in [0.1, 0.15) is 56.7 Å². The third kappa shape index (κ3) is 3.07. The van der Waals surface area contributed by atoms with Gasteiger partial charge in [0.25, 0.3) is 0 Å². The molecule has 0 spiro atoms. The van der Waals surface area contributed by atoms with Crippen LogP contribution >= 0.6 is 0 Å². The SMILES string of the molecule is CCNc1cc(C(C)C)nc(-c2ccccc2C2CC2)n1. The Morgan fingerprint density at radius 3 is 2.62 bits per heavy atom. The molecule has 3 heteroatoms. The van der Waals surface area contributed by atoms with Crippen LogP contribution in [0.5, 0.6) is 0 Å². The van der Waals surface area contributed by atoms with Crippen LogP contribution in [-0.2, 0) is 0 Å². The van der Waals surface area contributed by atoms with Gasteiger partial charge in [0.1, 0.15) is 5.82 Å². The van der Waals surface area contributed by atoms with Crippen molar-refractivity contribution in [2.24, 2.45) is 0 Å². The third-order valence-corrected chi connectivity index (χ3v) is 3.91. The lowest BCUT2D eigenvalue weighted by Gasteiger charge is -2.13. The molecule has 2 aromatic rings. The number of nitrogens with one attached hydrogen (secondary N) is 1. The molecule has 110 valence electrons. The zero-order valence-electron chi connectivity index (χ0n) is 13.1. The van der Waals surface area contributed by atoms with Crippen LogP contribution in [-0.4, -0.2) is 16.5 Å². The Balaban J connectivity index is 2.08. The first kappa shape index (κ1) is 14.1. The van der Waals surface area contributed by atoms with Crippen molar-refractivity contribution in [2.75, 3.05) is 11.9 Å². The largest absolute Gasteiger partial charge is 0.370 e. The van der Waals surface area contributed by atoms with Crippen molar-refractivity contribution in [3.63, 3.8) is 0 Å². The van der Waals surface area contributed by atoms with Gasteiger partial charge in [0, 0.05) is 23.9 Å². The predicted octanol–water partition coefficient (Wildman–Crippen LogP) is 4.58. The number of rotatable bonds is 5. The molecule has 0 radical (unpaired) electrons. The highest BCUT2D eigenvalue weighted by Crippen LogP contribution is 2.43. The second-order valence-electron chi connectivity index (χ2n) is 6.05. The number of benzene rings is 1. The van der Waals surface area contributed by atoms with Crippen molar-refractivity contribution in [3.05, 3.63) is 41.6 Å². The number of nitrogens with zero attached hydrogens (tertiary/aromatic N) is 2. The molecule has 1 fully saturated rings. The molecule has 1 aromatic carbocycles. The lowest BCUT2D eigenvalue weighted by atomic mass is 10.0. The van der Waals surface area contributed by atoms with E-state index in [0.717, 1.165) is 23.9 Å². The lowest BCUT2D eigenvalue weighted by molar-refractivity contribution is 0.816. The van der Waals surface area contributed by atoms with Crippen molar-refractivity contribution in [2.45, 2.75) is 45.4 Å². The summed E-state index contributed by atoms with van der Waals surface area (Å²) in [5.74, 6) is 2.89. The molecule has 3 nitrogen and oxygen atoms in total. The summed E-state index contributed by atoms with van der Waals surface area (Å²) in [6.45, 7) is 7.32. The maximum absolute atomic E-state index is 4.81. The van der Waals surface area contributed by atoms with E-state index < -0.39 is 0 Å². The fraction of sp³-hybridized carbons (Fsp3) is 0.444. The molecule has 0 saturated heterocycles. The van der Waals surface area contributed by atoms with E-state index in [4.69, 9.17) is 9.97 Å². The van der Waals surface area contributed by atoms with Crippen LogP contribution in [0.2, 0.25) is 0 Å². The van der Waals surface area contributed by atoms with E-state index in [1.807, 2.05) is 0 Å². The van der Waals surface area contributed by atoms with Crippen LogP contribution < -0.4 is 5.32 Å². The molecule has 0 amide bonds. The highest BCUT2D eigenvalue weighted by molar-refractivity contribution is 5.63. The Kier molecular flexibility index (Phi) is 3.91.